The van der Waals surface area contributed by atoms with Crippen LogP contribution in [0, 0.1) is 0 Å². The summed E-state index contributed by atoms with van der Waals surface area (Å²) in [4.78, 5) is 23.7. The Balaban J connectivity index is 1.46. The Morgan fingerprint density at radius 1 is 0.929 bits per heavy atom. The smallest absolute Gasteiger partial charge is 0.276 e. The lowest BCUT2D eigenvalue weighted by atomic mass is 10.1. The molecular formula is C22H20N2O4. The van der Waals surface area contributed by atoms with Crippen molar-refractivity contribution in [3.05, 3.63) is 78.4 Å². The number of hydrogen-bond acceptors (Lipinski definition) is 4. The molecular weight excluding hydrogens is 356 g/mol. The van der Waals surface area contributed by atoms with E-state index in [4.69, 9.17) is 9.47 Å². The van der Waals surface area contributed by atoms with Crippen LogP contribution in [-0.4, -0.2) is 25.5 Å². The van der Waals surface area contributed by atoms with Crippen molar-refractivity contribution in [3.63, 3.8) is 0 Å². The Bertz CT molecular complexity index is 1010. The van der Waals surface area contributed by atoms with Crippen molar-refractivity contribution in [2.45, 2.75) is 0 Å². The Morgan fingerprint density at radius 3 is 2.50 bits per heavy atom. The molecule has 2 N–H and O–H groups in total. The Hall–Kier alpha value is -3.80. The molecule has 0 fully saturated rings. The van der Waals surface area contributed by atoms with E-state index in [-0.39, 0.29) is 6.61 Å². The fourth-order valence-electron chi connectivity index (χ4n) is 2.58. The third-order valence-corrected chi connectivity index (χ3v) is 3.97. The average molecular weight is 376 g/mol. The number of nitrogens with one attached hydrogen (secondary N) is 2. The number of carbonyl (C=O) groups is 2. The second-order valence-electron chi connectivity index (χ2n) is 5.91. The zero-order valence-corrected chi connectivity index (χ0v) is 15.3. The minimum absolute atomic E-state index is 0.213. The molecule has 6 heteroatoms. The molecule has 3 rings (SSSR count). The molecule has 3 aromatic carbocycles. The van der Waals surface area contributed by atoms with Crippen LogP contribution in [0.5, 0.6) is 11.5 Å². The van der Waals surface area contributed by atoms with E-state index in [0.29, 0.717) is 11.5 Å². The summed E-state index contributed by atoms with van der Waals surface area (Å²) in [5.74, 6) is 0.299. The van der Waals surface area contributed by atoms with Crippen LogP contribution in [0.25, 0.3) is 16.8 Å². The summed E-state index contributed by atoms with van der Waals surface area (Å²) in [6, 6.07) is 20.7. The minimum Gasteiger partial charge on any atom is -0.496 e. The number of fused-ring (bicyclic) bond motifs is 1. The van der Waals surface area contributed by atoms with Gasteiger partial charge in [0.1, 0.15) is 11.5 Å². The van der Waals surface area contributed by atoms with Gasteiger partial charge in [-0.05, 0) is 35.0 Å². The van der Waals surface area contributed by atoms with Crippen LogP contribution in [0.4, 0.5) is 0 Å². The highest BCUT2D eigenvalue weighted by molar-refractivity contribution is 5.93. The quantitative estimate of drug-likeness (QED) is 0.512. The molecule has 0 radical (unpaired) electrons. The van der Waals surface area contributed by atoms with E-state index in [1.165, 1.54) is 6.08 Å². The van der Waals surface area contributed by atoms with Gasteiger partial charge >= 0.3 is 0 Å². The van der Waals surface area contributed by atoms with E-state index in [9.17, 15) is 9.59 Å². The predicted molar refractivity (Wildman–Crippen MR) is 108 cm³/mol. The highest BCUT2D eigenvalue weighted by Crippen LogP contribution is 2.20. The average Bonchev–Trinajstić information content (AvgIpc) is 2.74. The molecule has 0 saturated carbocycles. The molecule has 0 spiro atoms. The van der Waals surface area contributed by atoms with Crippen LogP contribution in [-0.2, 0) is 9.59 Å². The number of ether oxygens (including phenoxy) is 2. The van der Waals surface area contributed by atoms with E-state index in [0.717, 1.165) is 16.3 Å². The number of methoxy groups -OCH3 is 1. The van der Waals surface area contributed by atoms with Gasteiger partial charge in [-0.3, -0.25) is 20.4 Å². The second-order valence-corrected chi connectivity index (χ2v) is 5.91. The van der Waals surface area contributed by atoms with Gasteiger partial charge < -0.3 is 9.47 Å². The molecule has 0 aliphatic rings. The molecule has 0 aromatic heterocycles. The number of amides is 2. The van der Waals surface area contributed by atoms with Gasteiger partial charge in [-0.15, -0.1) is 0 Å². The Kier molecular flexibility index (Phi) is 6.25. The topological polar surface area (TPSA) is 76.7 Å². The van der Waals surface area contributed by atoms with E-state index >= 15 is 0 Å². The first-order valence-corrected chi connectivity index (χ1v) is 8.67. The van der Waals surface area contributed by atoms with Crippen LogP contribution < -0.4 is 20.3 Å². The van der Waals surface area contributed by atoms with Crippen molar-refractivity contribution >= 4 is 28.7 Å². The maximum Gasteiger partial charge on any atom is 0.276 e. The summed E-state index contributed by atoms with van der Waals surface area (Å²) in [6.45, 7) is -0.213. The fraction of sp³-hybridized carbons (Fsp3) is 0.0909. The number of hydrogen-bond donors (Lipinski definition) is 2. The monoisotopic (exact) mass is 376 g/mol. The van der Waals surface area contributed by atoms with Gasteiger partial charge in [0, 0.05) is 11.6 Å². The van der Waals surface area contributed by atoms with Crippen LogP contribution in [0.3, 0.4) is 0 Å². The first-order valence-electron chi connectivity index (χ1n) is 8.67. The zero-order valence-electron chi connectivity index (χ0n) is 15.3. The summed E-state index contributed by atoms with van der Waals surface area (Å²) in [7, 11) is 1.56. The third kappa shape index (κ3) is 5.11. The lowest BCUT2D eigenvalue weighted by Crippen LogP contribution is -2.43. The largest absolute Gasteiger partial charge is 0.496 e. The van der Waals surface area contributed by atoms with Crippen molar-refractivity contribution in [2.24, 2.45) is 0 Å². The number of carbonyl (C=O) groups excluding carboxylic acids is 2. The summed E-state index contributed by atoms with van der Waals surface area (Å²) in [5.41, 5.74) is 5.37. The molecule has 0 aliphatic carbocycles. The van der Waals surface area contributed by atoms with E-state index in [2.05, 4.69) is 10.9 Å². The molecule has 28 heavy (non-hydrogen) atoms. The van der Waals surface area contributed by atoms with Gasteiger partial charge in [0.05, 0.1) is 7.11 Å². The zero-order chi connectivity index (χ0) is 19.8. The van der Waals surface area contributed by atoms with E-state index < -0.39 is 11.8 Å². The minimum atomic E-state index is -0.468. The normalized spacial score (nSPS) is 10.6. The molecule has 0 unspecified atom stereocenters. The van der Waals surface area contributed by atoms with Crippen LogP contribution >= 0.6 is 0 Å². The number of hydrazine groups is 1. The van der Waals surface area contributed by atoms with Crippen molar-refractivity contribution in [2.75, 3.05) is 13.7 Å². The number of rotatable bonds is 6. The standard InChI is InChI=1S/C22H20N2O4/c1-27-20-9-5-4-7-17(20)11-13-21(25)23-24-22(26)15-28-19-12-10-16-6-2-3-8-18(16)14-19/h2-14H,15H2,1H3,(H,23,25)(H,24,26). The van der Waals surface area contributed by atoms with Gasteiger partial charge in [0.25, 0.3) is 11.8 Å². The first-order chi connectivity index (χ1) is 13.7. The summed E-state index contributed by atoms with van der Waals surface area (Å²) in [5, 5.41) is 2.11. The second kappa shape index (κ2) is 9.23. The summed E-state index contributed by atoms with van der Waals surface area (Å²) >= 11 is 0. The van der Waals surface area contributed by atoms with E-state index in [1.54, 1.807) is 25.3 Å². The third-order valence-electron chi connectivity index (χ3n) is 3.97. The maximum absolute atomic E-state index is 11.9. The summed E-state index contributed by atoms with van der Waals surface area (Å²) < 4.78 is 10.7. The fourth-order valence-corrected chi connectivity index (χ4v) is 2.58. The van der Waals surface area contributed by atoms with Gasteiger partial charge in [-0.1, -0.05) is 48.5 Å². The van der Waals surface area contributed by atoms with E-state index in [1.807, 2.05) is 54.6 Å². The van der Waals surface area contributed by atoms with Gasteiger partial charge in [0.15, 0.2) is 6.61 Å². The molecule has 0 atom stereocenters. The molecule has 142 valence electrons. The molecule has 0 heterocycles. The van der Waals surface area contributed by atoms with Crippen LogP contribution in [0.2, 0.25) is 0 Å². The molecule has 2 amide bonds. The predicted octanol–water partition coefficient (Wildman–Crippen LogP) is 3.09. The van der Waals surface area contributed by atoms with Crippen molar-refractivity contribution in [1.29, 1.82) is 0 Å². The van der Waals surface area contributed by atoms with Crippen molar-refractivity contribution < 1.29 is 19.1 Å². The van der Waals surface area contributed by atoms with Crippen molar-refractivity contribution in [1.82, 2.24) is 10.9 Å². The van der Waals surface area contributed by atoms with Crippen LogP contribution in [0.1, 0.15) is 5.56 Å². The van der Waals surface area contributed by atoms with Crippen LogP contribution in [0.15, 0.2) is 72.8 Å². The molecule has 0 aliphatic heterocycles. The maximum atomic E-state index is 11.9. The highest BCUT2D eigenvalue weighted by Gasteiger charge is 2.05. The van der Waals surface area contributed by atoms with Gasteiger partial charge in [-0.25, -0.2) is 0 Å². The van der Waals surface area contributed by atoms with Crippen molar-refractivity contribution in [3.8, 4) is 11.5 Å². The Morgan fingerprint density at radius 2 is 1.68 bits per heavy atom. The highest BCUT2D eigenvalue weighted by atomic mass is 16.5. The molecule has 0 saturated heterocycles. The van der Waals surface area contributed by atoms with Gasteiger partial charge in [0.2, 0.25) is 0 Å². The van der Waals surface area contributed by atoms with Gasteiger partial charge in [-0.2, -0.15) is 0 Å². The SMILES string of the molecule is COc1ccccc1C=CC(=O)NNC(=O)COc1ccc2ccccc2c1. The number of benzene rings is 3. The lowest BCUT2D eigenvalue weighted by Gasteiger charge is -2.08. The number of para-hydroxylation sites is 1. The molecule has 3 aromatic rings. The molecule has 6 nitrogen and oxygen atoms in total. The Labute approximate surface area is 162 Å². The summed E-state index contributed by atoms with van der Waals surface area (Å²) in [6.07, 6.45) is 2.91. The molecule has 0 bridgehead atoms. The lowest BCUT2D eigenvalue weighted by molar-refractivity contribution is -0.128. The first kappa shape index (κ1) is 19.0.